The number of rotatable bonds is 6. The summed E-state index contributed by atoms with van der Waals surface area (Å²) in [7, 11) is -0.610. The zero-order valence-electron chi connectivity index (χ0n) is 13.7. The van der Waals surface area contributed by atoms with Crippen molar-refractivity contribution in [3.8, 4) is 11.5 Å². The van der Waals surface area contributed by atoms with Gasteiger partial charge in [-0.1, -0.05) is 6.42 Å². The average Bonchev–Trinajstić information content (AvgIpc) is 2.92. The van der Waals surface area contributed by atoms with Crippen LogP contribution in [-0.2, 0) is 10.0 Å². The number of nitrogens with two attached hydrogens (primary N) is 1. The predicted molar refractivity (Wildman–Crippen MR) is 92.0 cm³/mol. The summed E-state index contributed by atoms with van der Waals surface area (Å²) in [4.78, 5) is 0.216. The zero-order chi connectivity index (χ0) is 16.3. The first-order valence-corrected chi connectivity index (χ1v) is 8.86. The van der Waals surface area contributed by atoms with Gasteiger partial charge in [-0.3, -0.25) is 0 Å². The van der Waals surface area contributed by atoms with E-state index in [0.717, 1.165) is 19.3 Å². The van der Waals surface area contributed by atoms with Gasteiger partial charge in [0.15, 0.2) is 11.5 Å². The fourth-order valence-electron chi connectivity index (χ4n) is 2.99. The molecule has 0 heterocycles. The second-order valence-electron chi connectivity index (χ2n) is 5.63. The summed E-state index contributed by atoms with van der Waals surface area (Å²) in [5.74, 6) is 1.12. The maximum atomic E-state index is 12.7. The van der Waals surface area contributed by atoms with Crippen molar-refractivity contribution in [1.82, 2.24) is 4.72 Å². The van der Waals surface area contributed by atoms with Gasteiger partial charge in [-0.2, -0.15) is 0 Å². The Morgan fingerprint density at radius 1 is 1.22 bits per heavy atom. The van der Waals surface area contributed by atoms with Crippen molar-refractivity contribution in [2.24, 2.45) is 11.7 Å². The molecule has 132 valence electrons. The van der Waals surface area contributed by atoms with Gasteiger partial charge in [0.2, 0.25) is 10.0 Å². The third-order valence-corrected chi connectivity index (χ3v) is 5.87. The van der Waals surface area contributed by atoms with Crippen LogP contribution in [0.4, 0.5) is 0 Å². The summed E-state index contributed by atoms with van der Waals surface area (Å²) >= 11 is 0. The number of ether oxygens (including phenoxy) is 2. The Morgan fingerprint density at radius 2 is 1.83 bits per heavy atom. The highest BCUT2D eigenvalue weighted by Gasteiger charge is 2.31. The Balaban J connectivity index is 0.00000264. The van der Waals surface area contributed by atoms with Crippen LogP contribution in [0.25, 0.3) is 0 Å². The van der Waals surface area contributed by atoms with Gasteiger partial charge >= 0.3 is 0 Å². The molecule has 6 nitrogen and oxygen atoms in total. The minimum absolute atomic E-state index is 0. The molecule has 8 heteroatoms. The van der Waals surface area contributed by atoms with Gasteiger partial charge in [0.05, 0.1) is 19.1 Å². The Kier molecular flexibility index (Phi) is 7.13. The van der Waals surface area contributed by atoms with E-state index in [4.69, 9.17) is 15.2 Å². The van der Waals surface area contributed by atoms with E-state index in [1.54, 1.807) is 13.0 Å². The van der Waals surface area contributed by atoms with Crippen LogP contribution in [-0.4, -0.2) is 35.2 Å². The number of aryl methyl sites for hydroxylation is 1. The average molecular weight is 365 g/mol. The lowest BCUT2D eigenvalue weighted by Crippen LogP contribution is -2.40. The van der Waals surface area contributed by atoms with E-state index in [0.29, 0.717) is 23.6 Å². The number of hydrogen-bond donors (Lipinski definition) is 2. The van der Waals surface area contributed by atoms with E-state index in [1.807, 2.05) is 0 Å². The SMILES string of the molecule is COc1cc(C)c(S(=O)(=O)NC2CCCC2CN)cc1OC.Cl. The van der Waals surface area contributed by atoms with Crippen molar-refractivity contribution in [1.29, 1.82) is 0 Å². The number of sulfonamides is 1. The standard InChI is InChI=1S/C15H24N2O4S.ClH/c1-10-7-13(20-2)14(21-3)8-15(10)22(18,19)17-12-6-4-5-11(12)9-16;/h7-8,11-12,17H,4-6,9,16H2,1-3H3;1H. The Morgan fingerprint density at radius 3 is 2.39 bits per heavy atom. The highest BCUT2D eigenvalue weighted by atomic mass is 35.5. The lowest BCUT2D eigenvalue weighted by Gasteiger charge is -2.20. The predicted octanol–water partition coefficient (Wildman–Crippen LogP) is 1.84. The van der Waals surface area contributed by atoms with Crippen molar-refractivity contribution in [3.05, 3.63) is 17.7 Å². The molecule has 0 bridgehead atoms. The number of hydrogen-bond acceptors (Lipinski definition) is 5. The molecule has 1 aliphatic carbocycles. The van der Waals surface area contributed by atoms with Crippen molar-refractivity contribution < 1.29 is 17.9 Å². The van der Waals surface area contributed by atoms with Crippen LogP contribution in [0.1, 0.15) is 24.8 Å². The zero-order valence-corrected chi connectivity index (χ0v) is 15.3. The number of halogens is 1. The molecule has 0 aromatic heterocycles. The van der Waals surface area contributed by atoms with Gasteiger partial charge in [0, 0.05) is 12.1 Å². The first kappa shape index (κ1) is 20.0. The van der Waals surface area contributed by atoms with Crippen LogP contribution in [0.2, 0.25) is 0 Å². The fourth-order valence-corrected chi connectivity index (χ4v) is 4.57. The minimum Gasteiger partial charge on any atom is -0.493 e. The Hall–Kier alpha value is -1.02. The molecule has 23 heavy (non-hydrogen) atoms. The van der Waals surface area contributed by atoms with Crippen molar-refractivity contribution >= 4 is 22.4 Å². The van der Waals surface area contributed by atoms with Crippen LogP contribution >= 0.6 is 12.4 Å². The molecule has 1 aliphatic rings. The van der Waals surface area contributed by atoms with E-state index in [-0.39, 0.29) is 29.3 Å². The molecule has 2 unspecified atom stereocenters. The molecule has 0 spiro atoms. The molecule has 3 N–H and O–H groups in total. The first-order chi connectivity index (χ1) is 10.4. The topological polar surface area (TPSA) is 90.7 Å². The maximum absolute atomic E-state index is 12.7. The van der Waals surface area contributed by atoms with Crippen LogP contribution < -0.4 is 19.9 Å². The van der Waals surface area contributed by atoms with Crippen molar-refractivity contribution in [3.63, 3.8) is 0 Å². The summed E-state index contributed by atoms with van der Waals surface area (Å²) in [6.07, 6.45) is 2.79. The highest BCUT2D eigenvalue weighted by Crippen LogP contribution is 2.33. The molecule has 0 aliphatic heterocycles. The number of nitrogens with one attached hydrogen (secondary N) is 1. The fraction of sp³-hybridized carbons (Fsp3) is 0.600. The van der Waals surface area contributed by atoms with Gasteiger partial charge < -0.3 is 15.2 Å². The second-order valence-corrected chi connectivity index (χ2v) is 7.31. The maximum Gasteiger partial charge on any atom is 0.241 e. The molecule has 2 rings (SSSR count). The molecule has 1 saturated carbocycles. The molecule has 0 saturated heterocycles. The first-order valence-electron chi connectivity index (χ1n) is 7.38. The summed E-state index contributed by atoms with van der Waals surface area (Å²) in [5.41, 5.74) is 6.34. The van der Waals surface area contributed by atoms with Gasteiger partial charge in [-0.05, 0) is 43.9 Å². The van der Waals surface area contributed by atoms with E-state index in [9.17, 15) is 8.42 Å². The van der Waals surface area contributed by atoms with Gasteiger partial charge in [0.1, 0.15) is 0 Å². The Labute approximate surface area is 144 Å². The molecule has 0 radical (unpaired) electrons. The number of benzene rings is 1. The summed E-state index contributed by atoms with van der Waals surface area (Å²) < 4.78 is 38.6. The van der Waals surface area contributed by atoms with Crippen LogP contribution in [0, 0.1) is 12.8 Å². The molecule has 1 fully saturated rings. The van der Waals surface area contributed by atoms with E-state index in [1.165, 1.54) is 20.3 Å². The number of methoxy groups -OCH3 is 2. The third-order valence-electron chi connectivity index (χ3n) is 4.24. The van der Waals surface area contributed by atoms with E-state index < -0.39 is 10.0 Å². The van der Waals surface area contributed by atoms with Gasteiger partial charge in [0.25, 0.3) is 0 Å². The van der Waals surface area contributed by atoms with Gasteiger partial charge in [-0.25, -0.2) is 13.1 Å². The normalized spacial score (nSPS) is 20.9. The minimum atomic E-state index is -3.62. The van der Waals surface area contributed by atoms with Crippen LogP contribution in [0.15, 0.2) is 17.0 Å². The quantitative estimate of drug-likeness (QED) is 0.803. The highest BCUT2D eigenvalue weighted by molar-refractivity contribution is 7.89. The molecule has 2 atom stereocenters. The summed E-state index contributed by atoms with van der Waals surface area (Å²) in [6, 6.07) is 3.08. The molecule has 0 amide bonds. The lowest BCUT2D eigenvalue weighted by atomic mass is 10.1. The summed E-state index contributed by atoms with van der Waals surface area (Å²) in [5, 5.41) is 0. The molecular formula is C15H25ClN2O4S. The molecule has 1 aromatic carbocycles. The van der Waals surface area contributed by atoms with Crippen molar-refractivity contribution in [2.75, 3.05) is 20.8 Å². The molecular weight excluding hydrogens is 340 g/mol. The summed E-state index contributed by atoms with van der Waals surface area (Å²) in [6.45, 7) is 2.24. The van der Waals surface area contributed by atoms with Crippen LogP contribution in [0.5, 0.6) is 11.5 Å². The second kappa shape index (κ2) is 8.19. The van der Waals surface area contributed by atoms with Gasteiger partial charge in [-0.15, -0.1) is 12.4 Å². The van der Waals surface area contributed by atoms with Crippen LogP contribution in [0.3, 0.4) is 0 Å². The smallest absolute Gasteiger partial charge is 0.241 e. The lowest BCUT2D eigenvalue weighted by molar-refractivity contribution is 0.353. The van der Waals surface area contributed by atoms with Crippen molar-refractivity contribution in [2.45, 2.75) is 37.1 Å². The Bertz CT molecular complexity index is 637. The third kappa shape index (κ3) is 4.29. The van der Waals surface area contributed by atoms with E-state index >= 15 is 0 Å². The monoisotopic (exact) mass is 364 g/mol. The molecule has 1 aromatic rings. The largest absolute Gasteiger partial charge is 0.493 e. The van der Waals surface area contributed by atoms with E-state index in [2.05, 4.69) is 4.72 Å².